The van der Waals surface area contributed by atoms with E-state index in [1.54, 1.807) is 27.4 Å². The Kier molecular flexibility index (Phi) is 10.1. The monoisotopic (exact) mass is 339 g/mol. The van der Waals surface area contributed by atoms with Crippen LogP contribution in [0.1, 0.15) is 5.56 Å². The van der Waals surface area contributed by atoms with Crippen LogP contribution in [0.3, 0.4) is 0 Å². The topological polar surface area (TPSA) is 60.4 Å². The largest absolute Gasteiger partial charge is 0.493 e. The predicted molar refractivity (Wildman–Crippen MR) is 93.7 cm³/mol. The first-order valence-electron chi connectivity index (χ1n) is 7.94. The van der Waals surface area contributed by atoms with Crippen molar-refractivity contribution in [1.29, 1.82) is 0 Å². The summed E-state index contributed by atoms with van der Waals surface area (Å²) in [5.41, 5.74) is 0.993. The van der Waals surface area contributed by atoms with Crippen molar-refractivity contribution in [3.8, 4) is 11.5 Å². The molecule has 1 aromatic carbocycles. The zero-order valence-electron chi connectivity index (χ0n) is 14.9. The first-order valence-corrected chi connectivity index (χ1v) is 7.94. The van der Waals surface area contributed by atoms with Gasteiger partial charge in [0.1, 0.15) is 0 Å². The maximum atomic E-state index is 10.2. The zero-order valence-corrected chi connectivity index (χ0v) is 14.9. The highest BCUT2D eigenvalue weighted by molar-refractivity contribution is 5.46. The number of rotatable bonds is 13. The average molecular weight is 339 g/mol. The van der Waals surface area contributed by atoms with Gasteiger partial charge in [-0.3, -0.25) is 4.90 Å². The molecular weight excluding hydrogens is 310 g/mol. The van der Waals surface area contributed by atoms with Gasteiger partial charge in [0.2, 0.25) is 0 Å². The number of para-hydroxylation sites is 1. The van der Waals surface area contributed by atoms with Crippen LogP contribution in [0, 0.1) is 0 Å². The van der Waals surface area contributed by atoms with Gasteiger partial charge in [-0.2, -0.15) is 0 Å². The number of methoxy groups -OCH3 is 3. The first kappa shape index (κ1) is 20.4. The Labute approximate surface area is 144 Å². The first-order chi connectivity index (χ1) is 11.7. The standard InChI is InChI=1S/C18H29NO5/c1-5-10-24-14-16(20)13-19(9-11-21-2)12-15-7-6-8-17(22-3)18(15)23-4/h5-8,16,20H,1,9-14H2,2-4H3/t16-/m1/s1. The van der Waals surface area contributed by atoms with E-state index in [-0.39, 0.29) is 6.61 Å². The fraction of sp³-hybridized carbons (Fsp3) is 0.556. The van der Waals surface area contributed by atoms with Crippen molar-refractivity contribution < 1.29 is 24.1 Å². The Hall–Kier alpha value is -1.60. The van der Waals surface area contributed by atoms with Crippen LogP contribution < -0.4 is 9.47 Å². The van der Waals surface area contributed by atoms with Crippen molar-refractivity contribution in [3.05, 3.63) is 36.4 Å². The van der Waals surface area contributed by atoms with Crippen molar-refractivity contribution >= 4 is 0 Å². The highest BCUT2D eigenvalue weighted by Crippen LogP contribution is 2.31. The van der Waals surface area contributed by atoms with E-state index in [0.717, 1.165) is 5.56 Å². The van der Waals surface area contributed by atoms with Gasteiger partial charge in [0.25, 0.3) is 0 Å². The lowest BCUT2D eigenvalue weighted by Crippen LogP contribution is -2.36. The minimum Gasteiger partial charge on any atom is -0.493 e. The van der Waals surface area contributed by atoms with Gasteiger partial charge < -0.3 is 24.1 Å². The van der Waals surface area contributed by atoms with Gasteiger partial charge in [-0.25, -0.2) is 0 Å². The molecule has 1 N–H and O–H groups in total. The molecule has 1 aromatic rings. The lowest BCUT2D eigenvalue weighted by molar-refractivity contribution is 0.0192. The van der Waals surface area contributed by atoms with Crippen LogP contribution in [-0.2, 0) is 16.0 Å². The van der Waals surface area contributed by atoms with Crippen molar-refractivity contribution in [2.45, 2.75) is 12.6 Å². The summed E-state index contributed by atoms with van der Waals surface area (Å²) in [6.07, 6.45) is 1.08. The molecule has 0 fully saturated rings. The molecule has 0 heterocycles. The van der Waals surface area contributed by atoms with Gasteiger partial charge in [-0.15, -0.1) is 6.58 Å². The van der Waals surface area contributed by atoms with E-state index < -0.39 is 6.10 Å². The minimum atomic E-state index is -0.585. The molecule has 0 saturated carbocycles. The Balaban J connectivity index is 2.76. The maximum absolute atomic E-state index is 10.2. The minimum absolute atomic E-state index is 0.269. The Bertz CT molecular complexity index is 480. The molecule has 1 atom stereocenters. The zero-order chi connectivity index (χ0) is 17.8. The third-order valence-electron chi connectivity index (χ3n) is 3.50. The van der Waals surface area contributed by atoms with Gasteiger partial charge >= 0.3 is 0 Å². The van der Waals surface area contributed by atoms with Crippen LogP contribution in [0.2, 0.25) is 0 Å². The third kappa shape index (κ3) is 6.88. The molecule has 0 aromatic heterocycles. The molecule has 0 unspecified atom stereocenters. The summed E-state index contributed by atoms with van der Waals surface area (Å²) >= 11 is 0. The van der Waals surface area contributed by atoms with E-state index in [1.165, 1.54) is 0 Å². The van der Waals surface area contributed by atoms with E-state index in [2.05, 4.69) is 11.5 Å². The number of hydrogen-bond donors (Lipinski definition) is 1. The average Bonchev–Trinajstić information content (AvgIpc) is 2.59. The molecule has 0 aliphatic heterocycles. The van der Waals surface area contributed by atoms with Crippen molar-refractivity contribution in [2.75, 3.05) is 54.2 Å². The third-order valence-corrected chi connectivity index (χ3v) is 3.50. The van der Waals surface area contributed by atoms with Gasteiger partial charge in [0.05, 0.1) is 40.1 Å². The second-order valence-electron chi connectivity index (χ2n) is 5.36. The van der Waals surface area contributed by atoms with Crippen molar-refractivity contribution in [3.63, 3.8) is 0 Å². The normalized spacial score (nSPS) is 12.2. The molecule has 1 rings (SSSR count). The lowest BCUT2D eigenvalue weighted by Gasteiger charge is -2.26. The Morgan fingerprint density at radius 3 is 2.67 bits per heavy atom. The summed E-state index contributed by atoms with van der Waals surface area (Å²) in [4.78, 5) is 2.10. The highest BCUT2D eigenvalue weighted by atomic mass is 16.5. The van der Waals surface area contributed by atoms with Crippen molar-refractivity contribution in [1.82, 2.24) is 4.90 Å². The number of hydrogen-bond acceptors (Lipinski definition) is 6. The quantitative estimate of drug-likeness (QED) is 0.436. The van der Waals surface area contributed by atoms with Gasteiger partial charge in [0.15, 0.2) is 11.5 Å². The number of aliphatic hydroxyl groups is 1. The maximum Gasteiger partial charge on any atom is 0.165 e. The van der Waals surface area contributed by atoms with E-state index in [0.29, 0.717) is 44.3 Å². The SMILES string of the molecule is C=CCOC[C@H](O)CN(CCOC)Cc1cccc(OC)c1OC. The van der Waals surface area contributed by atoms with E-state index >= 15 is 0 Å². The van der Waals surface area contributed by atoms with Gasteiger partial charge in [-0.1, -0.05) is 18.2 Å². The Morgan fingerprint density at radius 1 is 1.25 bits per heavy atom. The van der Waals surface area contributed by atoms with Crippen LogP contribution in [0.5, 0.6) is 11.5 Å². The molecule has 0 spiro atoms. The summed E-state index contributed by atoms with van der Waals surface area (Å²) in [5.74, 6) is 1.40. The molecule has 6 nitrogen and oxygen atoms in total. The van der Waals surface area contributed by atoms with Gasteiger partial charge in [0, 0.05) is 32.3 Å². The van der Waals surface area contributed by atoms with Crippen LogP contribution in [0.4, 0.5) is 0 Å². The summed E-state index contributed by atoms with van der Waals surface area (Å²) in [7, 11) is 4.90. The summed E-state index contributed by atoms with van der Waals surface area (Å²) in [6.45, 7) is 6.64. The molecular formula is C18H29NO5. The lowest BCUT2D eigenvalue weighted by atomic mass is 10.1. The second kappa shape index (κ2) is 11.9. The molecule has 6 heteroatoms. The molecule has 0 aliphatic rings. The molecule has 0 radical (unpaired) electrons. The molecule has 0 amide bonds. The summed E-state index contributed by atoms with van der Waals surface area (Å²) in [6, 6.07) is 5.77. The van der Waals surface area contributed by atoms with Crippen LogP contribution >= 0.6 is 0 Å². The van der Waals surface area contributed by atoms with E-state index in [1.807, 2.05) is 18.2 Å². The highest BCUT2D eigenvalue weighted by Gasteiger charge is 2.16. The molecule has 0 saturated heterocycles. The van der Waals surface area contributed by atoms with Crippen LogP contribution in [0.15, 0.2) is 30.9 Å². The van der Waals surface area contributed by atoms with E-state index in [9.17, 15) is 5.11 Å². The summed E-state index contributed by atoms with van der Waals surface area (Å²) < 4.78 is 21.3. The fourth-order valence-electron chi connectivity index (χ4n) is 2.41. The van der Waals surface area contributed by atoms with E-state index in [4.69, 9.17) is 18.9 Å². The van der Waals surface area contributed by atoms with Crippen LogP contribution in [-0.4, -0.2) is 70.3 Å². The number of benzene rings is 1. The molecule has 24 heavy (non-hydrogen) atoms. The van der Waals surface area contributed by atoms with Gasteiger partial charge in [-0.05, 0) is 6.07 Å². The molecule has 136 valence electrons. The van der Waals surface area contributed by atoms with Crippen LogP contribution in [0.25, 0.3) is 0 Å². The molecule has 0 bridgehead atoms. The fourth-order valence-corrected chi connectivity index (χ4v) is 2.41. The van der Waals surface area contributed by atoms with Crippen molar-refractivity contribution in [2.24, 2.45) is 0 Å². The predicted octanol–water partition coefficient (Wildman–Crippen LogP) is 1.72. The second-order valence-corrected chi connectivity index (χ2v) is 5.36. The summed E-state index contributed by atoms with van der Waals surface area (Å²) in [5, 5.41) is 10.2. The smallest absolute Gasteiger partial charge is 0.165 e. The molecule has 0 aliphatic carbocycles. The Morgan fingerprint density at radius 2 is 2.04 bits per heavy atom. The number of aliphatic hydroxyl groups excluding tert-OH is 1. The number of ether oxygens (including phenoxy) is 4. The number of nitrogens with zero attached hydrogens (tertiary/aromatic N) is 1.